The lowest BCUT2D eigenvalue weighted by Gasteiger charge is -2.12. The van der Waals surface area contributed by atoms with E-state index in [9.17, 15) is 22.8 Å². The lowest BCUT2D eigenvalue weighted by atomic mass is 10.1. The molecule has 25 heavy (non-hydrogen) atoms. The van der Waals surface area contributed by atoms with E-state index in [-0.39, 0.29) is 17.2 Å². The number of ketones is 1. The number of benzene rings is 2. The molecule has 3 nitrogen and oxygen atoms in total. The number of rotatable bonds is 5. The third-order valence-electron chi connectivity index (χ3n) is 3.13. The maximum atomic E-state index is 13.1. The van der Waals surface area contributed by atoms with Gasteiger partial charge in [-0.1, -0.05) is 30.3 Å². The molecule has 0 unspecified atom stereocenters. The van der Waals surface area contributed by atoms with Crippen LogP contribution in [0.15, 0.2) is 71.3 Å². The van der Waals surface area contributed by atoms with Gasteiger partial charge in [-0.2, -0.15) is 13.2 Å². The van der Waals surface area contributed by atoms with Crippen molar-refractivity contribution in [1.82, 2.24) is 0 Å². The number of ether oxygens (including phenoxy) is 1. The Kier molecular flexibility index (Phi) is 6.03. The van der Waals surface area contributed by atoms with Crippen molar-refractivity contribution in [3.63, 3.8) is 0 Å². The lowest BCUT2D eigenvalue weighted by Crippen LogP contribution is -2.20. The van der Waals surface area contributed by atoms with Gasteiger partial charge in [0.25, 0.3) is 0 Å². The molecule has 2 rings (SSSR count). The third-order valence-corrected chi connectivity index (χ3v) is 3.87. The monoisotopic (exact) mass is 366 g/mol. The maximum absolute atomic E-state index is 13.1. The van der Waals surface area contributed by atoms with Crippen LogP contribution in [0.4, 0.5) is 13.2 Å². The molecule has 7 heteroatoms. The van der Waals surface area contributed by atoms with Crippen LogP contribution in [0.3, 0.4) is 0 Å². The molecule has 0 spiro atoms. The second kappa shape index (κ2) is 8.02. The Morgan fingerprint density at radius 3 is 2.08 bits per heavy atom. The van der Waals surface area contributed by atoms with Gasteiger partial charge in [-0.15, -0.1) is 11.8 Å². The number of hydrogen-bond donors (Lipinski definition) is 0. The minimum Gasteiger partial charge on any atom is -0.418 e. The van der Waals surface area contributed by atoms with Crippen LogP contribution in [0.5, 0.6) is 0 Å². The van der Waals surface area contributed by atoms with Crippen molar-refractivity contribution < 1.29 is 27.5 Å². The van der Waals surface area contributed by atoms with Gasteiger partial charge in [0.1, 0.15) is 0 Å². The number of allylic oxidation sites excluding steroid dienone is 2. The van der Waals surface area contributed by atoms with E-state index in [4.69, 9.17) is 0 Å². The van der Waals surface area contributed by atoms with Gasteiger partial charge in [-0.25, -0.2) is 4.79 Å². The van der Waals surface area contributed by atoms with Crippen LogP contribution in [0.25, 0.3) is 0 Å². The first-order chi connectivity index (χ1) is 11.8. The van der Waals surface area contributed by atoms with E-state index < -0.39 is 23.7 Å². The molecule has 0 amide bonds. The van der Waals surface area contributed by atoms with E-state index in [1.807, 2.05) is 6.26 Å². The Morgan fingerprint density at radius 1 is 0.960 bits per heavy atom. The van der Waals surface area contributed by atoms with Crippen molar-refractivity contribution in [2.75, 3.05) is 6.26 Å². The standard InChI is InChI=1S/C18H13F3O3S/c1-25-14-9-7-13(8-10-14)17(23)24-16(18(19,20)21)11-15(22)12-5-3-2-4-6-12/h2-11H,1H3/b16-11+. The van der Waals surface area contributed by atoms with E-state index in [1.54, 1.807) is 18.2 Å². The van der Waals surface area contributed by atoms with E-state index in [1.165, 1.54) is 48.2 Å². The van der Waals surface area contributed by atoms with Crippen molar-refractivity contribution in [3.05, 3.63) is 77.6 Å². The first kappa shape index (κ1) is 18.8. The second-order valence-electron chi connectivity index (χ2n) is 4.85. The molecule has 0 bridgehead atoms. The predicted molar refractivity (Wildman–Crippen MR) is 88.5 cm³/mol. The Bertz CT molecular complexity index is 781. The zero-order valence-corrected chi connectivity index (χ0v) is 13.9. The normalized spacial score (nSPS) is 11.9. The van der Waals surface area contributed by atoms with Gasteiger partial charge in [0, 0.05) is 16.5 Å². The van der Waals surface area contributed by atoms with Crippen LogP contribution in [0.2, 0.25) is 0 Å². The molecular weight excluding hydrogens is 353 g/mol. The second-order valence-corrected chi connectivity index (χ2v) is 5.73. The molecule has 0 atom stereocenters. The molecular formula is C18H13F3O3S. The SMILES string of the molecule is CSc1ccc(C(=O)O/C(=C/C(=O)c2ccccc2)C(F)(F)F)cc1. The number of thioether (sulfide) groups is 1. The van der Waals surface area contributed by atoms with Gasteiger partial charge in [-0.3, -0.25) is 4.79 Å². The number of carbonyl (C=O) groups is 2. The van der Waals surface area contributed by atoms with E-state index in [2.05, 4.69) is 4.74 Å². The summed E-state index contributed by atoms with van der Waals surface area (Å²) < 4.78 is 43.7. The van der Waals surface area contributed by atoms with Crippen LogP contribution in [0, 0.1) is 0 Å². The fourth-order valence-corrected chi connectivity index (χ4v) is 2.27. The Morgan fingerprint density at radius 2 is 1.56 bits per heavy atom. The van der Waals surface area contributed by atoms with Crippen molar-refractivity contribution >= 4 is 23.5 Å². The molecule has 0 aliphatic heterocycles. The largest absolute Gasteiger partial charge is 0.449 e. The average molecular weight is 366 g/mol. The fraction of sp³-hybridized carbons (Fsp3) is 0.111. The molecule has 0 radical (unpaired) electrons. The van der Waals surface area contributed by atoms with Gasteiger partial charge in [0.2, 0.25) is 5.76 Å². The van der Waals surface area contributed by atoms with Gasteiger partial charge in [0.05, 0.1) is 5.56 Å². The number of alkyl halides is 3. The van der Waals surface area contributed by atoms with Crippen molar-refractivity contribution in [1.29, 1.82) is 0 Å². The molecule has 0 aliphatic carbocycles. The first-order valence-electron chi connectivity index (χ1n) is 7.06. The van der Waals surface area contributed by atoms with Crippen LogP contribution < -0.4 is 0 Å². The number of esters is 1. The Balaban J connectivity index is 2.24. The molecule has 0 saturated heterocycles. The van der Waals surface area contributed by atoms with Crippen LogP contribution in [-0.2, 0) is 4.74 Å². The number of carbonyl (C=O) groups excluding carboxylic acids is 2. The van der Waals surface area contributed by atoms with Crippen LogP contribution in [-0.4, -0.2) is 24.2 Å². The van der Waals surface area contributed by atoms with Gasteiger partial charge >= 0.3 is 12.1 Å². The topological polar surface area (TPSA) is 43.4 Å². The Labute approximate surface area is 146 Å². The first-order valence-corrected chi connectivity index (χ1v) is 8.28. The summed E-state index contributed by atoms with van der Waals surface area (Å²) in [6, 6.07) is 13.3. The molecule has 2 aromatic carbocycles. The molecule has 0 fully saturated rings. The summed E-state index contributed by atoms with van der Waals surface area (Å²) in [6.45, 7) is 0. The van der Waals surface area contributed by atoms with Gasteiger partial charge in [0.15, 0.2) is 5.78 Å². The van der Waals surface area contributed by atoms with E-state index in [0.717, 1.165) is 4.90 Å². The molecule has 0 saturated carbocycles. The highest BCUT2D eigenvalue weighted by Gasteiger charge is 2.38. The summed E-state index contributed by atoms with van der Waals surface area (Å²) in [5, 5.41) is 0. The van der Waals surface area contributed by atoms with Crippen molar-refractivity contribution in [3.8, 4) is 0 Å². The van der Waals surface area contributed by atoms with Crippen molar-refractivity contribution in [2.45, 2.75) is 11.1 Å². The minimum absolute atomic E-state index is 0.0416. The smallest absolute Gasteiger partial charge is 0.418 e. The minimum atomic E-state index is -4.97. The van der Waals surface area contributed by atoms with E-state index >= 15 is 0 Å². The summed E-state index contributed by atoms with van der Waals surface area (Å²) in [7, 11) is 0. The maximum Gasteiger partial charge on any atom is 0.449 e. The summed E-state index contributed by atoms with van der Waals surface area (Å²) in [4.78, 5) is 24.7. The highest BCUT2D eigenvalue weighted by Crippen LogP contribution is 2.28. The highest BCUT2D eigenvalue weighted by molar-refractivity contribution is 7.98. The van der Waals surface area contributed by atoms with Gasteiger partial charge in [-0.05, 0) is 30.5 Å². The summed E-state index contributed by atoms with van der Waals surface area (Å²) in [6.07, 6.45) is -2.87. The highest BCUT2D eigenvalue weighted by atomic mass is 32.2. The van der Waals surface area contributed by atoms with Crippen molar-refractivity contribution in [2.24, 2.45) is 0 Å². The van der Waals surface area contributed by atoms with Crippen LogP contribution in [0.1, 0.15) is 20.7 Å². The zero-order valence-electron chi connectivity index (χ0n) is 13.0. The lowest BCUT2D eigenvalue weighted by molar-refractivity contribution is -0.122. The summed E-state index contributed by atoms with van der Waals surface area (Å²) in [5.41, 5.74) is 0.0183. The quantitative estimate of drug-likeness (QED) is 0.248. The van der Waals surface area contributed by atoms with Crippen LogP contribution >= 0.6 is 11.8 Å². The molecule has 0 aliphatic rings. The summed E-state index contributed by atoms with van der Waals surface area (Å²) in [5.74, 6) is -3.74. The average Bonchev–Trinajstić information content (AvgIpc) is 2.61. The molecule has 0 heterocycles. The summed E-state index contributed by atoms with van der Waals surface area (Å²) >= 11 is 1.43. The third kappa shape index (κ3) is 5.22. The van der Waals surface area contributed by atoms with E-state index in [0.29, 0.717) is 0 Å². The molecule has 0 N–H and O–H groups in total. The fourth-order valence-electron chi connectivity index (χ4n) is 1.86. The predicted octanol–water partition coefficient (Wildman–Crippen LogP) is 4.89. The zero-order chi connectivity index (χ0) is 18.4. The molecule has 130 valence electrons. The molecule has 2 aromatic rings. The number of halogens is 3. The Hall–Kier alpha value is -2.54. The van der Waals surface area contributed by atoms with Gasteiger partial charge < -0.3 is 4.74 Å². The number of hydrogen-bond acceptors (Lipinski definition) is 4. The molecule has 0 aromatic heterocycles.